The van der Waals surface area contributed by atoms with Crippen LogP contribution in [0, 0.1) is 0 Å². The standard InChI is InChI=1S/C18H14N2O6/c1-19-13-4-3-11(17(22)23)7-12(13)16(21)20(18(19)24)8-10-2-5-14-15(6-10)26-9-25-14/h2-7H,8-9H2,1H3,(H,22,23). The van der Waals surface area contributed by atoms with E-state index in [1.165, 1.54) is 22.8 Å². The van der Waals surface area contributed by atoms with Crippen LogP contribution in [0.4, 0.5) is 0 Å². The van der Waals surface area contributed by atoms with Crippen LogP contribution in [-0.2, 0) is 13.6 Å². The number of fused-ring (bicyclic) bond motifs is 2. The topological polar surface area (TPSA) is 99.8 Å². The van der Waals surface area contributed by atoms with Crippen molar-refractivity contribution in [1.29, 1.82) is 0 Å². The average molecular weight is 354 g/mol. The van der Waals surface area contributed by atoms with E-state index in [-0.39, 0.29) is 24.3 Å². The number of ether oxygens (including phenoxy) is 2. The quantitative estimate of drug-likeness (QED) is 0.758. The maximum absolute atomic E-state index is 12.8. The van der Waals surface area contributed by atoms with Crippen LogP contribution in [0.2, 0.25) is 0 Å². The highest BCUT2D eigenvalue weighted by atomic mass is 16.7. The first kappa shape index (κ1) is 15.9. The van der Waals surface area contributed by atoms with Crippen LogP contribution in [0.3, 0.4) is 0 Å². The minimum atomic E-state index is -1.14. The van der Waals surface area contributed by atoms with Gasteiger partial charge >= 0.3 is 11.7 Å². The maximum atomic E-state index is 12.8. The van der Waals surface area contributed by atoms with E-state index in [0.717, 1.165) is 4.57 Å². The zero-order chi connectivity index (χ0) is 18.4. The molecule has 0 amide bonds. The van der Waals surface area contributed by atoms with Gasteiger partial charge in [0, 0.05) is 7.05 Å². The van der Waals surface area contributed by atoms with E-state index in [4.69, 9.17) is 14.6 Å². The average Bonchev–Trinajstić information content (AvgIpc) is 3.10. The summed E-state index contributed by atoms with van der Waals surface area (Å²) in [4.78, 5) is 36.6. The van der Waals surface area contributed by atoms with Gasteiger partial charge in [-0.3, -0.25) is 13.9 Å². The first-order valence-electron chi connectivity index (χ1n) is 7.81. The van der Waals surface area contributed by atoms with Gasteiger partial charge in [-0.25, -0.2) is 9.59 Å². The van der Waals surface area contributed by atoms with Crippen LogP contribution in [-0.4, -0.2) is 27.0 Å². The van der Waals surface area contributed by atoms with E-state index in [1.807, 2.05) is 0 Å². The Bertz CT molecular complexity index is 1170. The van der Waals surface area contributed by atoms with Crippen LogP contribution >= 0.6 is 0 Å². The second kappa shape index (κ2) is 5.76. The Morgan fingerprint density at radius 2 is 1.88 bits per heavy atom. The number of nitrogens with zero attached hydrogens (tertiary/aromatic N) is 2. The lowest BCUT2D eigenvalue weighted by Crippen LogP contribution is -2.39. The molecule has 0 atom stereocenters. The van der Waals surface area contributed by atoms with Crippen molar-refractivity contribution < 1.29 is 19.4 Å². The van der Waals surface area contributed by atoms with Gasteiger partial charge in [-0.15, -0.1) is 0 Å². The maximum Gasteiger partial charge on any atom is 0.335 e. The third-order valence-corrected chi connectivity index (χ3v) is 4.38. The number of benzene rings is 2. The van der Waals surface area contributed by atoms with Crippen molar-refractivity contribution in [2.45, 2.75) is 6.54 Å². The van der Waals surface area contributed by atoms with Crippen molar-refractivity contribution >= 4 is 16.9 Å². The number of aryl methyl sites for hydroxylation is 1. The zero-order valence-electron chi connectivity index (χ0n) is 13.8. The molecule has 0 radical (unpaired) electrons. The summed E-state index contributed by atoms with van der Waals surface area (Å²) in [6.07, 6.45) is 0. The van der Waals surface area contributed by atoms with E-state index in [0.29, 0.717) is 22.6 Å². The first-order chi connectivity index (χ1) is 12.5. The molecule has 1 aliphatic rings. The van der Waals surface area contributed by atoms with Crippen LogP contribution in [0.5, 0.6) is 11.5 Å². The van der Waals surface area contributed by atoms with Gasteiger partial charge in [0.1, 0.15) is 0 Å². The molecule has 0 fully saturated rings. The fraction of sp³-hybridized carbons (Fsp3) is 0.167. The van der Waals surface area contributed by atoms with E-state index < -0.39 is 17.2 Å². The van der Waals surface area contributed by atoms with Crippen LogP contribution < -0.4 is 20.7 Å². The second-order valence-corrected chi connectivity index (χ2v) is 5.96. The number of carboxylic acids is 1. The van der Waals surface area contributed by atoms with Gasteiger partial charge < -0.3 is 14.6 Å². The highest BCUT2D eigenvalue weighted by molar-refractivity contribution is 5.93. The molecule has 0 saturated carbocycles. The van der Waals surface area contributed by atoms with Crippen LogP contribution in [0.15, 0.2) is 46.0 Å². The van der Waals surface area contributed by atoms with Crippen molar-refractivity contribution in [1.82, 2.24) is 9.13 Å². The number of hydrogen-bond donors (Lipinski definition) is 1. The van der Waals surface area contributed by atoms with Gasteiger partial charge in [-0.1, -0.05) is 6.07 Å². The molecule has 0 bridgehead atoms. The Kier molecular flexibility index (Phi) is 3.54. The number of aromatic carboxylic acids is 1. The number of rotatable bonds is 3. The number of carbonyl (C=O) groups is 1. The summed E-state index contributed by atoms with van der Waals surface area (Å²) in [5.41, 5.74) is 0.0455. The largest absolute Gasteiger partial charge is 0.478 e. The number of aromatic nitrogens is 2. The normalized spacial score (nSPS) is 12.5. The van der Waals surface area contributed by atoms with E-state index in [2.05, 4.69) is 0 Å². The second-order valence-electron chi connectivity index (χ2n) is 5.96. The molecule has 0 unspecified atom stereocenters. The van der Waals surface area contributed by atoms with E-state index in [1.54, 1.807) is 25.2 Å². The van der Waals surface area contributed by atoms with Crippen molar-refractivity contribution in [3.8, 4) is 11.5 Å². The molecular formula is C18H14N2O6. The minimum absolute atomic E-state index is 0.0112. The monoisotopic (exact) mass is 354 g/mol. The van der Waals surface area contributed by atoms with Crippen molar-refractivity contribution in [2.24, 2.45) is 7.05 Å². The SMILES string of the molecule is Cn1c(=O)n(Cc2ccc3c(c2)OCO3)c(=O)c2cc(C(=O)O)ccc21. The number of carboxylic acid groups (broad SMARTS) is 1. The molecule has 0 spiro atoms. The molecule has 8 heteroatoms. The summed E-state index contributed by atoms with van der Waals surface area (Å²) in [7, 11) is 1.54. The summed E-state index contributed by atoms with van der Waals surface area (Å²) < 4.78 is 13.0. The molecule has 26 heavy (non-hydrogen) atoms. The van der Waals surface area contributed by atoms with Crippen molar-refractivity contribution in [2.75, 3.05) is 6.79 Å². The summed E-state index contributed by atoms with van der Waals surface area (Å²) in [5, 5.41) is 9.32. The first-order valence-corrected chi connectivity index (χ1v) is 7.81. The Morgan fingerprint density at radius 1 is 1.12 bits per heavy atom. The number of hydrogen-bond acceptors (Lipinski definition) is 5. The van der Waals surface area contributed by atoms with Crippen molar-refractivity contribution in [3.63, 3.8) is 0 Å². The van der Waals surface area contributed by atoms with Crippen molar-refractivity contribution in [3.05, 3.63) is 68.4 Å². The Morgan fingerprint density at radius 3 is 2.65 bits per heavy atom. The molecule has 1 aromatic heterocycles. The minimum Gasteiger partial charge on any atom is -0.478 e. The van der Waals surface area contributed by atoms with Gasteiger partial charge in [0.15, 0.2) is 11.5 Å². The van der Waals surface area contributed by atoms with E-state index >= 15 is 0 Å². The molecule has 2 aromatic carbocycles. The lowest BCUT2D eigenvalue weighted by molar-refractivity contribution is 0.0697. The van der Waals surface area contributed by atoms with Gasteiger partial charge in [-0.05, 0) is 35.9 Å². The predicted molar refractivity (Wildman–Crippen MR) is 92.1 cm³/mol. The molecular weight excluding hydrogens is 340 g/mol. The third kappa shape index (κ3) is 2.43. The summed E-state index contributed by atoms with van der Waals surface area (Å²) >= 11 is 0. The molecule has 0 aliphatic carbocycles. The molecule has 0 saturated heterocycles. The molecule has 4 rings (SSSR count). The molecule has 3 aromatic rings. The highest BCUT2D eigenvalue weighted by Gasteiger charge is 2.16. The lowest BCUT2D eigenvalue weighted by atomic mass is 10.1. The molecule has 1 N–H and O–H groups in total. The van der Waals surface area contributed by atoms with Gasteiger partial charge in [0.05, 0.1) is 23.0 Å². The lowest BCUT2D eigenvalue weighted by Gasteiger charge is -2.11. The Hall–Kier alpha value is -3.55. The smallest absolute Gasteiger partial charge is 0.335 e. The third-order valence-electron chi connectivity index (χ3n) is 4.38. The Labute approximate surface area is 146 Å². The fourth-order valence-electron chi connectivity index (χ4n) is 3.01. The summed E-state index contributed by atoms with van der Waals surface area (Å²) in [6.45, 7) is 0.170. The van der Waals surface area contributed by atoms with Crippen LogP contribution in [0.25, 0.3) is 10.9 Å². The molecule has 8 nitrogen and oxygen atoms in total. The van der Waals surface area contributed by atoms with Crippen LogP contribution in [0.1, 0.15) is 15.9 Å². The molecule has 1 aliphatic heterocycles. The predicted octanol–water partition coefficient (Wildman–Crippen LogP) is 1.18. The summed E-state index contributed by atoms with van der Waals surface area (Å²) in [5.74, 6) is 0.0300. The Balaban J connectivity index is 1.88. The van der Waals surface area contributed by atoms with Gasteiger partial charge in [0.25, 0.3) is 5.56 Å². The van der Waals surface area contributed by atoms with E-state index in [9.17, 15) is 14.4 Å². The van der Waals surface area contributed by atoms with Gasteiger partial charge in [0.2, 0.25) is 6.79 Å². The van der Waals surface area contributed by atoms with Gasteiger partial charge in [-0.2, -0.15) is 0 Å². The molecule has 2 heterocycles. The molecule has 132 valence electrons. The zero-order valence-corrected chi connectivity index (χ0v) is 13.8. The fourth-order valence-corrected chi connectivity index (χ4v) is 3.01. The highest BCUT2D eigenvalue weighted by Crippen LogP contribution is 2.32. The summed E-state index contributed by atoms with van der Waals surface area (Å²) in [6, 6.07) is 9.30.